The molecule has 122 valence electrons. The van der Waals surface area contributed by atoms with Crippen LogP contribution in [-0.4, -0.2) is 20.1 Å². The van der Waals surface area contributed by atoms with Gasteiger partial charge in [-0.1, -0.05) is 27.7 Å². The fourth-order valence-corrected chi connectivity index (χ4v) is 3.68. The third-order valence-corrected chi connectivity index (χ3v) is 9.60. The van der Waals surface area contributed by atoms with Gasteiger partial charge in [0.2, 0.25) is 0 Å². The summed E-state index contributed by atoms with van der Waals surface area (Å²) in [5.74, 6) is 0.950. The van der Waals surface area contributed by atoms with E-state index in [1.807, 2.05) is 0 Å². The fourth-order valence-electron chi connectivity index (χ4n) is 2.70. The summed E-state index contributed by atoms with van der Waals surface area (Å²) in [6.07, 6.45) is 4.96. The SMILES string of the molecule is CC1CCCC(=O)C1CCCC(=O)O[Si](C)(C)C(C)(C)C. The third kappa shape index (κ3) is 5.24. The van der Waals surface area contributed by atoms with Crippen LogP contribution in [-0.2, 0) is 14.0 Å². The Morgan fingerprint density at radius 3 is 2.48 bits per heavy atom. The van der Waals surface area contributed by atoms with E-state index in [1.165, 1.54) is 0 Å². The van der Waals surface area contributed by atoms with Crippen molar-refractivity contribution in [3.05, 3.63) is 0 Å². The van der Waals surface area contributed by atoms with Gasteiger partial charge in [-0.3, -0.25) is 9.59 Å². The summed E-state index contributed by atoms with van der Waals surface area (Å²) < 4.78 is 5.76. The van der Waals surface area contributed by atoms with Gasteiger partial charge in [-0.05, 0) is 49.7 Å². The zero-order valence-electron chi connectivity index (χ0n) is 14.6. The molecule has 0 radical (unpaired) electrons. The minimum atomic E-state index is -2.00. The van der Waals surface area contributed by atoms with Crippen LogP contribution in [0.3, 0.4) is 0 Å². The Labute approximate surface area is 131 Å². The predicted molar refractivity (Wildman–Crippen MR) is 88.7 cm³/mol. The van der Waals surface area contributed by atoms with E-state index < -0.39 is 8.32 Å². The zero-order valence-corrected chi connectivity index (χ0v) is 15.6. The number of Topliss-reactive ketones (excluding diaryl/α,β-unsaturated/α-hetero) is 1. The molecule has 3 nitrogen and oxygen atoms in total. The zero-order chi connectivity index (χ0) is 16.3. The summed E-state index contributed by atoms with van der Waals surface area (Å²) in [4.78, 5) is 24.0. The van der Waals surface area contributed by atoms with Crippen molar-refractivity contribution >= 4 is 20.1 Å². The van der Waals surface area contributed by atoms with E-state index in [0.717, 1.165) is 32.1 Å². The van der Waals surface area contributed by atoms with Gasteiger partial charge >= 0.3 is 0 Å². The Bertz CT molecular complexity index is 382. The van der Waals surface area contributed by atoms with Crippen molar-refractivity contribution in [2.75, 3.05) is 0 Å². The van der Waals surface area contributed by atoms with Crippen LogP contribution in [0, 0.1) is 11.8 Å². The summed E-state index contributed by atoms with van der Waals surface area (Å²) >= 11 is 0. The van der Waals surface area contributed by atoms with Gasteiger partial charge in [-0.2, -0.15) is 0 Å². The molecule has 0 spiro atoms. The lowest BCUT2D eigenvalue weighted by Crippen LogP contribution is -2.42. The van der Waals surface area contributed by atoms with Gasteiger partial charge < -0.3 is 4.43 Å². The van der Waals surface area contributed by atoms with Crippen LogP contribution in [0.2, 0.25) is 18.1 Å². The molecule has 2 atom stereocenters. The Kier molecular flexibility index (Phi) is 6.20. The Morgan fingerprint density at radius 1 is 1.33 bits per heavy atom. The molecule has 1 saturated carbocycles. The second-order valence-electron chi connectivity index (χ2n) is 8.07. The highest BCUT2D eigenvalue weighted by Gasteiger charge is 2.40. The summed E-state index contributed by atoms with van der Waals surface area (Å²) in [6, 6.07) is 0. The number of ketones is 1. The van der Waals surface area contributed by atoms with Crippen LogP contribution in [0.5, 0.6) is 0 Å². The highest BCUT2D eigenvalue weighted by atomic mass is 28.4. The lowest BCUT2D eigenvalue weighted by Gasteiger charge is -2.35. The first-order chi connectivity index (χ1) is 9.54. The maximum absolute atomic E-state index is 12.0. The lowest BCUT2D eigenvalue weighted by molar-refractivity contribution is -0.136. The normalized spacial score (nSPS) is 24.0. The molecule has 2 unspecified atom stereocenters. The van der Waals surface area contributed by atoms with Gasteiger partial charge in [0.05, 0.1) is 0 Å². The van der Waals surface area contributed by atoms with Crippen molar-refractivity contribution in [2.24, 2.45) is 11.8 Å². The Morgan fingerprint density at radius 2 is 1.95 bits per heavy atom. The molecule has 0 aromatic heterocycles. The van der Waals surface area contributed by atoms with Crippen LogP contribution in [0.15, 0.2) is 0 Å². The Balaban J connectivity index is 2.38. The molecule has 4 heteroatoms. The molecule has 0 heterocycles. The fraction of sp³-hybridized carbons (Fsp3) is 0.882. The predicted octanol–water partition coefficient (Wildman–Crippen LogP) is 4.71. The molecule has 1 aliphatic rings. The van der Waals surface area contributed by atoms with Gasteiger partial charge in [-0.25, -0.2) is 0 Å². The average Bonchev–Trinajstić information content (AvgIpc) is 2.30. The van der Waals surface area contributed by atoms with Crippen molar-refractivity contribution in [3.8, 4) is 0 Å². The van der Waals surface area contributed by atoms with Gasteiger partial charge in [0.25, 0.3) is 14.3 Å². The molecule has 1 rings (SSSR count). The van der Waals surface area contributed by atoms with E-state index in [-0.39, 0.29) is 16.9 Å². The van der Waals surface area contributed by atoms with Gasteiger partial charge in [-0.15, -0.1) is 0 Å². The minimum Gasteiger partial charge on any atom is -0.519 e. The molecule has 0 aliphatic heterocycles. The summed E-state index contributed by atoms with van der Waals surface area (Å²) in [6.45, 7) is 12.8. The largest absolute Gasteiger partial charge is 0.519 e. The molecule has 1 aliphatic carbocycles. The van der Waals surface area contributed by atoms with Crippen LogP contribution in [0.4, 0.5) is 0 Å². The summed E-state index contributed by atoms with van der Waals surface area (Å²) in [5, 5.41) is 0.0521. The molecule has 21 heavy (non-hydrogen) atoms. The van der Waals surface area contributed by atoms with E-state index in [0.29, 0.717) is 18.1 Å². The number of hydrogen-bond donors (Lipinski definition) is 0. The topological polar surface area (TPSA) is 43.4 Å². The summed E-state index contributed by atoms with van der Waals surface area (Å²) in [5.41, 5.74) is 0. The third-order valence-electron chi connectivity index (χ3n) is 5.25. The van der Waals surface area contributed by atoms with Crippen LogP contribution >= 0.6 is 0 Å². The van der Waals surface area contributed by atoms with Gasteiger partial charge in [0.1, 0.15) is 5.78 Å². The number of carbonyl (C=O) groups excluding carboxylic acids is 2. The number of carbonyl (C=O) groups is 2. The molecule has 0 aromatic carbocycles. The van der Waals surface area contributed by atoms with Crippen molar-refractivity contribution in [1.82, 2.24) is 0 Å². The first kappa shape index (κ1) is 18.4. The minimum absolute atomic E-state index is 0.0521. The van der Waals surface area contributed by atoms with E-state index in [9.17, 15) is 9.59 Å². The molecule has 0 bridgehead atoms. The standard InChI is InChI=1S/C17H32O3Si/c1-13-9-7-11-15(18)14(13)10-8-12-16(19)20-21(5,6)17(2,3)4/h13-14H,7-12H2,1-6H3. The van der Waals surface area contributed by atoms with E-state index in [2.05, 4.69) is 40.8 Å². The lowest BCUT2D eigenvalue weighted by atomic mass is 9.77. The maximum Gasteiger partial charge on any atom is 0.292 e. The number of hydrogen-bond acceptors (Lipinski definition) is 3. The number of rotatable bonds is 5. The van der Waals surface area contributed by atoms with Crippen molar-refractivity contribution in [1.29, 1.82) is 0 Å². The molecule has 0 amide bonds. The molecule has 0 aromatic rings. The van der Waals surface area contributed by atoms with E-state index in [4.69, 9.17) is 4.43 Å². The van der Waals surface area contributed by atoms with Crippen LogP contribution in [0.25, 0.3) is 0 Å². The van der Waals surface area contributed by atoms with Crippen LogP contribution < -0.4 is 0 Å². The van der Waals surface area contributed by atoms with E-state index in [1.54, 1.807) is 0 Å². The van der Waals surface area contributed by atoms with Crippen LogP contribution in [0.1, 0.15) is 66.2 Å². The highest BCUT2D eigenvalue weighted by molar-refractivity contribution is 6.75. The van der Waals surface area contributed by atoms with Gasteiger partial charge in [0.15, 0.2) is 0 Å². The van der Waals surface area contributed by atoms with Gasteiger partial charge in [0, 0.05) is 18.8 Å². The quantitative estimate of drug-likeness (QED) is 0.690. The molecular formula is C17H32O3Si. The monoisotopic (exact) mass is 312 g/mol. The van der Waals surface area contributed by atoms with Crippen molar-refractivity contribution in [3.63, 3.8) is 0 Å². The molecule has 0 N–H and O–H groups in total. The van der Waals surface area contributed by atoms with Crippen molar-refractivity contribution in [2.45, 2.75) is 84.4 Å². The first-order valence-electron chi connectivity index (χ1n) is 8.29. The van der Waals surface area contributed by atoms with E-state index >= 15 is 0 Å². The highest BCUT2D eigenvalue weighted by Crippen LogP contribution is 2.37. The second-order valence-corrected chi connectivity index (χ2v) is 12.8. The Hall–Kier alpha value is -0.643. The average molecular weight is 313 g/mol. The molecular weight excluding hydrogens is 280 g/mol. The second kappa shape index (κ2) is 7.08. The smallest absolute Gasteiger partial charge is 0.292 e. The van der Waals surface area contributed by atoms with Crippen molar-refractivity contribution < 1.29 is 14.0 Å². The molecule has 1 fully saturated rings. The molecule has 0 saturated heterocycles. The summed E-state index contributed by atoms with van der Waals surface area (Å²) in [7, 11) is -2.00. The first-order valence-corrected chi connectivity index (χ1v) is 11.2. The maximum atomic E-state index is 12.0.